The molecule has 0 atom stereocenters. The normalized spacial score (nSPS) is 11.7. The summed E-state index contributed by atoms with van der Waals surface area (Å²) in [5.74, 6) is 0.164. The lowest BCUT2D eigenvalue weighted by Crippen LogP contribution is -2.22. The van der Waals surface area contributed by atoms with Crippen molar-refractivity contribution in [3.8, 4) is 5.75 Å². The van der Waals surface area contributed by atoms with Gasteiger partial charge in [-0.15, -0.1) is 0 Å². The summed E-state index contributed by atoms with van der Waals surface area (Å²) in [4.78, 5) is 17.1. The maximum Gasteiger partial charge on any atom is 0.261 e. The van der Waals surface area contributed by atoms with Gasteiger partial charge in [0.2, 0.25) is 10.0 Å². The van der Waals surface area contributed by atoms with E-state index in [-0.39, 0.29) is 10.8 Å². The van der Waals surface area contributed by atoms with Crippen LogP contribution in [0.5, 0.6) is 5.75 Å². The molecule has 1 amide bonds. The molecule has 0 aliphatic carbocycles. The maximum absolute atomic E-state index is 12.6. The van der Waals surface area contributed by atoms with Crippen LogP contribution in [-0.2, 0) is 10.0 Å². The summed E-state index contributed by atoms with van der Waals surface area (Å²) < 4.78 is 31.9. The van der Waals surface area contributed by atoms with E-state index in [0.717, 1.165) is 4.31 Å². The monoisotopic (exact) mass is 405 g/mol. The molecule has 2 aromatic carbocycles. The minimum atomic E-state index is -3.53. The minimum Gasteiger partial charge on any atom is -0.493 e. The third-order valence-corrected chi connectivity index (χ3v) is 6.54. The van der Waals surface area contributed by atoms with Gasteiger partial charge in [-0.2, -0.15) is 0 Å². The largest absolute Gasteiger partial charge is 0.493 e. The Morgan fingerprint density at radius 2 is 1.96 bits per heavy atom. The van der Waals surface area contributed by atoms with Crippen molar-refractivity contribution >= 4 is 42.6 Å². The highest BCUT2D eigenvalue weighted by Crippen LogP contribution is 2.29. The van der Waals surface area contributed by atoms with E-state index in [1.54, 1.807) is 36.4 Å². The predicted molar refractivity (Wildman–Crippen MR) is 106 cm³/mol. The third-order valence-electron chi connectivity index (χ3n) is 3.79. The topological polar surface area (TPSA) is 88.6 Å². The number of sulfonamides is 1. The predicted octanol–water partition coefficient (Wildman–Crippen LogP) is 3.20. The van der Waals surface area contributed by atoms with Crippen molar-refractivity contribution in [1.29, 1.82) is 0 Å². The van der Waals surface area contributed by atoms with E-state index < -0.39 is 10.0 Å². The second kappa shape index (κ2) is 7.63. The average molecular weight is 406 g/mol. The van der Waals surface area contributed by atoms with E-state index in [0.29, 0.717) is 33.3 Å². The van der Waals surface area contributed by atoms with Gasteiger partial charge in [-0.05, 0) is 37.3 Å². The van der Waals surface area contributed by atoms with Crippen molar-refractivity contribution in [3.63, 3.8) is 0 Å². The zero-order valence-corrected chi connectivity index (χ0v) is 16.7. The number of hydrogen-bond acceptors (Lipinski definition) is 6. The van der Waals surface area contributed by atoms with Crippen LogP contribution in [0.25, 0.3) is 10.2 Å². The molecule has 1 aromatic heterocycles. The van der Waals surface area contributed by atoms with Gasteiger partial charge in [0.1, 0.15) is 5.75 Å². The summed E-state index contributed by atoms with van der Waals surface area (Å²) in [5.41, 5.74) is 1.03. The first-order chi connectivity index (χ1) is 12.8. The van der Waals surface area contributed by atoms with Crippen LogP contribution in [0.4, 0.5) is 5.13 Å². The Morgan fingerprint density at radius 3 is 2.67 bits per heavy atom. The number of aromatic nitrogens is 1. The average Bonchev–Trinajstić information content (AvgIpc) is 3.03. The maximum atomic E-state index is 12.6. The van der Waals surface area contributed by atoms with E-state index >= 15 is 0 Å². The van der Waals surface area contributed by atoms with Crippen molar-refractivity contribution in [2.24, 2.45) is 0 Å². The van der Waals surface area contributed by atoms with Gasteiger partial charge < -0.3 is 4.74 Å². The first-order valence-electron chi connectivity index (χ1n) is 8.19. The molecule has 3 rings (SSSR count). The molecule has 3 aromatic rings. The molecule has 0 aliphatic rings. The lowest BCUT2D eigenvalue weighted by Gasteiger charge is -2.10. The van der Waals surface area contributed by atoms with E-state index in [1.165, 1.54) is 31.5 Å². The molecule has 0 bridgehead atoms. The molecule has 1 N–H and O–H groups in total. The molecular weight excluding hydrogens is 386 g/mol. The highest BCUT2D eigenvalue weighted by molar-refractivity contribution is 7.89. The second-order valence-electron chi connectivity index (χ2n) is 5.82. The van der Waals surface area contributed by atoms with E-state index in [4.69, 9.17) is 4.74 Å². The number of rotatable bonds is 6. The molecule has 0 radical (unpaired) electrons. The summed E-state index contributed by atoms with van der Waals surface area (Å²) >= 11 is 1.21. The summed E-state index contributed by atoms with van der Waals surface area (Å²) in [6.07, 6.45) is 0. The number of nitrogens with zero attached hydrogens (tertiary/aromatic N) is 2. The van der Waals surface area contributed by atoms with Crippen LogP contribution < -0.4 is 10.1 Å². The molecule has 1 heterocycles. The molecule has 0 unspecified atom stereocenters. The number of carbonyl (C=O) groups is 1. The number of fused-ring (bicyclic) bond motifs is 1. The number of thiazole rings is 1. The first-order valence-corrected chi connectivity index (χ1v) is 10.4. The molecule has 0 fully saturated rings. The molecular formula is C18H19N3O4S2. The Hall–Kier alpha value is -2.49. The van der Waals surface area contributed by atoms with Crippen molar-refractivity contribution in [1.82, 2.24) is 9.29 Å². The van der Waals surface area contributed by atoms with Crippen LogP contribution >= 0.6 is 11.3 Å². The number of nitrogens with one attached hydrogen (secondary N) is 1. The number of benzene rings is 2. The van der Waals surface area contributed by atoms with Crippen molar-refractivity contribution in [3.05, 3.63) is 48.0 Å². The number of para-hydroxylation sites is 1. The molecule has 142 valence electrons. The fraction of sp³-hybridized carbons (Fsp3) is 0.222. The van der Waals surface area contributed by atoms with E-state index in [9.17, 15) is 13.2 Å². The molecule has 0 spiro atoms. The zero-order valence-electron chi connectivity index (χ0n) is 15.1. The highest BCUT2D eigenvalue weighted by Gasteiger charge is 2.19. The van der Waals surface area contributed by atoms with Crippen LogP contribution in [0.2, 0.25) is 0 Å². The zero-order chi connectivity index (χ0) is 19.6. The molecule has 0 saturated carbocycles. The SMILES string of the molecule is CCOc1ccccc1C(=O)Nc1nc2ccc(S(=O)(=O)N(C)C)cc2s1. The molecule has 27 heavy (non-hydrogen) atoms. The second-order valence-corrected chi connectivity index (χ2v) is 9.00. The fourth-order valence-corrected chi connectivity index (χ4v) is 4.33. The first kappa shape index (κ1) is 19.3. The fourth-order valence-electron chi connectivity index (χ4n) is 2.43. The Morgan fingerprint density at radius 1 is 1.22 bits per heavy atom. The number of anilines is 1. The Kier molecular flexibility index (Phi) is 5.45. The Balaban J connectivity index is 1.89. The minimum absolute atomic E-state index is 0.184. The van der Waals surface area contributed by atoms with Crippen LogP contribution in [-0.4, -0.2) is 44.3 Å². The van der Waals surface area contributed by atoms with Crippen molar-refractivity contribution in [2.75, 3.05) is 26.0 Å². The number of ether oxygens (including phenoxy) is 1. The van der Waals surface area contributed by atoms with Gasteiger partial charge >= 0.3 is 0 Å². The lowest BCUT2D eigenvalue weighted by atomic mass is 10.2. The van der Waals surface area contributed by atoms with Gasteiger partial charge in [0.15, 0.2) is 5.13 Å². The van der Waals surface area contributed by atoms with Gasteiger partial charge in [-0.3, -0.25) is 10.1 Å². The summed E-state index contributed by atoms with van der Waals surface area (Å²) in [5, 5.41) is 3.15. The smallest absolute Gasteiger partial charge is 0.261 e. The summed E-state index contributed by atoms with van der Waals surface area (Å²) in [7, 11) is -0.569. The van der Waals surface area contributed by atoms with Crippen molar-refractivity contribution in [2.45, 2.75) is 11.8 Å². The van der Waals surface area contributed by atoms with Gasteiger partial charge in [-0.1, -0.05) is 23.5 Å². The molecule has 0 aliphatic heterocycles. The lowest BCUT2D eigenvalue weighted by molar-refractivity contribution is 0.102. The summed E-state index contributed by atoms with van der Waals surface area (Å²) in [6, 6.07) is 11.7. The number of hydrogen-bond donors (Lipinski definition) is 1. The molecule has 7 nitrogen and oxygen atoms in total. The van der Waals surface area contributed by atoms with Gasteiger partial charge in [-0.25, -0.2) is 17.7 Å². The van der Waals surface area contributed by atoms with Gasteiger partial charge in [0.25, 0.3) is 5.91 Å². The Labute approximate surface area is 161 Å². The molecule has 0 saturated heterocycles. The van der Waals surface area contributed by atoms with E-state index in [2.05, 4.69) is 10.3 Å². The van der Waals surface area contributed by atoms with Crippen molar-refractivity contribution < 1.29 is 17.9 Å². The summed E-state index contributed by atoms with van der Waals surface area (Å²) in [6.45, 7) is 2.30. The van der Waals surface area contributed by atoms with E-state index in [1.807, 2.05) is 6.92 Å². The third kappa shape index (κ3) is 3.95. The molecule has 9 heteroatoms. The van der Waals surface area contributed by atoms with Gasteiger partial charge in [0.05, 0.1) is 27.3 Å². The van der Waals surface area contributed by atoms with Gasteiger partial charge in [0, 0.05) is 14.1 Å². The number of amides is 1. The van der Waals surface area contributed by atoms with Crippen LogP contribution in [0, 0.1) is 0 Å². The van der Waals surface area contributed by atoms with Crippen LogP contribution in [0.15, 0.2) is 47.4 Å². The Bertz CT molecular complexity index is 1090. The van der Waals surface area contributed by atoms with Crippen LogP contribution in [0.1, 0.15) is 17.3 Å². The number of carbonyl (C=O) groups excluding carboxylic acids is 1. The van der Waals surface area contributed by atoms with Crippen LogP contribution in [0.3, 0.4) is 0 Å². The highest BCUT2D eigenvalue weighted by atomic mass is 32.2. The quantitative estimate of drug-likeness (QED) is 0.680. The standard InChI is InChI=1S/C18H19N3O4S2/c1-4-25-15-8-6-5-7-13(15)17(22)20-18-19-14-10-9-12(11-16(14)26-18)27(23,24)21(2)3/h5-11H,4H2,1-3H3,(H,19,20,22).